The van der Waals surface area contributed by atoms with Crippen molar-refractivity contribution in [2.75, 3.05) is 19.4 Å². The Morgan fingerprint density at radius 1 is 1.43 bits per heavy atom. The van der Waals surface area contributed by atoms with Crippen LogP contribution in [0.4, 0.5) is 0 Å². The first-order chi connectivity index (χ1) is 11.0. The van der Waals surface area contributed by atoms with Crippen LogP contribution in [0.3, 0.4) is 0 Å². The minimum atomic E-state index is -0.157. The number of tetrazole rings is 1. The van der Waals surface area contributed by atoms with Gasteiger partial charge in [0.25, 0.3) is 5.56 Å². The molecule has 0 unspecified atom stereocenters. The molecular weight excluding hydrogens is 320 g/mol. The predicted molar refractivity (Wildman–Crippen MR) is 84.5 cm³/mol. The summed E-state index contributed by atoms with van der Waals surface area (Å²) >= 11 is 1.25. The number of carbonyl (C=O) groups excluding carboxylic acids is 1. The fourth-order valence-electron chi connectivity index (χ4n) is 1.94. The molecule has 0 aliphatic heterocycles. The van der Waals surface area contributed by atoms with Crippen LogP contribution in [0.2, 0.25) is 0 Å². The number of aryl methyl sites for hydroxylation is 2. The van der Waals surface area contributed by atoms with Crippen molar-refractivity contribution in [1.29, 1.82) is 0 Å². The molecule has 0 saturated carbocycles. The average Bonchev–Trinajstić information content (AvgIpc) is 2.93. The van der Waals surface area contributed by atoms with E-state index in [-0.39, 0.29) is 17.2 Å². The highest BCUT2D eigenvalue weighted by atomic mass is 32.2. The fraction of sp³-hybridized carbons (Fsp3) is 0.462. The molecule has 0 radical (unpaired) electrons. The van der Waals surface area contributed by atoms with E-state index in [1.54, 1.807) is 17.7 Å². The van der Waals surface area contributed by atoms with Gasteiger partial charge in [-0.15, -0.1) is 5.10 Å². The summed E-state index contributed by atoms with van der Waals surface area (Å²) in [5, 5.41) is 14.3. The van der Waals surface area contributed by atoms with Crippen LogP contribution in [0.15, 0.2) is 22.1 Å². The van der Waals surface area contributed by atoms with Crippen molar-refractivity contribution in [2.45, 2.75) is 18.6 Å². The monoisotopic (exact) mass is 338 g/mol. The SMILES string of the molecule is COc1cc(C)n(CCNC(=O)CSc2nnnn2C)c(=O)c1. The molecule has 0 aromatic carbocycles. The van der Waals surface area contributed by atoms with Gasteiger partial charge < -0.3 is 14.6 Å². The molecule has 0 aliphatic carbocycles. The van der Waals surface area contributed by atoms with E-state index in [1.807, 2.05) is 6.92 Å². The molecule has 0 atom stereocenters. The molecule has 2 aromatic rings. The van der Waals surface area contributed by atoms with Gasteiger partial charge in [0.05, 0.1) is 12.9 Å². The lowest BCUT2D eigenvalue weighted by molar-refractivity contribution is -0.118. The van der Waals surface area contributed by atoms with Crippen LogP contribution in [0.5, 0.6) is 5.75 Å². The topological polar surface area (TPSA) is 104 Å². The zero-order chi connectivity index (χ0) is 16.8. The summed E-state index contributed by atoms with van der Waals surface area (Å²) in [5.74, 6) is 0.601. The van der Waals surface area contributed by atoms with E-state index in [9.17, 15) is 9.59 Å². The summed E-state index contributed by atoms with van der Waals surface area (Å²) in [6.45, 7) is 2.59. The van der Waals surface area contributed by atoms with Gasteiger partial charge in [-0.2, -0.15) is 0 Å². The summed E-state index contributed by atoms with van der Waals surface area (Å²) in [5.41, 5.74) is 0.624. The largest absolute Gasteiger partial charge is 0.496 e. The number of hydrogen-bond acceptors (Lipinski definition) is 7. The van der Waals surface area contributed by atoms with E-state index < -0.39 is 0 Å². The van der Waals surface area contributed by atoms with Gasteiger partial charge in [0.15, 0.2) is 0 Å². The second-order valence-corrected chi connectivity index (χ2v) is 5.69. The van der Waals surface area contributed by atoms with Crippen molar-refractivity contribution in [1.82, 2.24) is 30.1 Å². The van der Waals surface area contributed by atoms with Crippen molar-refractivity contribution >= 4 is 17.7 Å². The summed E-state index contributed by atoms with van der Waals surface area (Å²) in [6.07, 6.45) is 0. The third kappa shape index (κ3) is 4.55. The standard InChI is InChI=1S/C13H18N6O3S/c1-9-6-10(22-3)7-12(21)19(9)5-4-14-11(20)8-23-13-15-16-17-18(13)2/h6-7H,4-5,8H2,1-3H3,(H,14,20). The minimum Gasteiger partial charge on any atom is -0.496 e. The van der Waals surface area contributed by atoms with Crippen LogP contribution >= 0.6 is 11.8 Å². The lowest BCUT2D eigenvalue weighted by Gasteiger charge is -2.11. The van der Waals surface area contributed by atoms with Crippen LogP contribution in [0.1, 0.15) is 5.69 Å². The van der Waals surface area contributed by atoms with Crippen molar-refractivity contribution in [3.8, 4) is 5.75 Å². The van der Waals surface area contributed by atoms with Gasteiger partial charge in [-0.1, -0.05) is 11.8 Å². The van der Waals surface area contributed by atoms with Gasteiger partial charge in [-0.3, -0.25) is 9.59 Å². The predicted octanol–water partition coefficient (Wildman–Crippen LogP) is -0.403. The lowest BCUT2D eigenvalue weighted by Crippen LogP contribution is -2.32. The van der Waals surface area contributed by atoms with E-state index in [0.717, 1.165) is 5.69 Å². The summed E-state index contributed by atoms with van der Waals surface area (Å²) in [4.78, 5) is 23.7. The van der Waals surface area contributed by atoms with Crippen LogP contribution in [-0.2, 0) is 18.4 Å². The van der Waals surface area contributed by atoms with Crippen molar-refractivity contribution in [3.05, 3.63) is 28.2 Å². The minimum absolute atomic E-state index is 0.141. The molecular formula is C13H18N6O3S. The molecule has 124 valence electrons. The number of nitrogens with one attached hydrogen (secondary N) is 1. The normalized spacial score (nSPS) is 10.6. The van der Waals surface area contributed by atoms with Crippen molar-refractivity contribution in [2.24, 2.45) is 7.05 Å². The quantitative estimate of drug-likeness (QED) is 0.685. The zero-order valence-corrected chi connectivity index (χ0v) is 14.0. The first-order valence-electron chi connectivity index (χ1n) is 6.88. The Bertz CT molecular complexity index is 742. The number of carbonyl (C=O) groups is 1. The smallest absolute Gasteiger partial charge is 0.254 e. The average molecular weight is 338 g/mol. The zero-order valence-electron chi connectivity index (χ0n) is 13.1. The number of amides is 1. The number of aromatic nitrogens is 5. The number of nitrogens with zero attached hydrogens (tertiary/aromatic N) is 5. The maximum atomic E-state index is 12.0. The molecule has 23 heavy (non-hydrogen) atoms. The van der Waals surface area contributed by atoms with Gasteiger partial charge in [0.1, 0.15) is 5.75 Å². The number of thioether (sulfide) groups is 1. The Morgan fingerprint density at radius 2 is 2.22 bits per heavy atom. The third-order valence-electron chi connectivity index (χ3n) is 3.12. The molecule has 1 N–H and O–H groups in total. The van der Waals surface area contributed by atoms with Gasteiger partial charge in [0, 0.05) is 31.9 Å². The van der Waals surface area contributed by atoms with Gasteiger partial charge in [-0.05, 0) is 23.4 Å². The Labute approximate surface area is 137 Å². The first kappa shape index (κ1) is 17.0. The summed E-state index contributed by atoms with van der Waals surface area (Å²) in [6, 6.07) is 3.20. The molecule has 9 nitrogen and oxygen atoms in total. The fourth-order valence-corrected chi connectivity index (χ4v) is 2.61. The number of methoxy groups -OCH3 is 1. The van der Waals surface area contributed by atoms with Crippen LogP contribution < -0.4 is 15.6 Å². The molecule has 2 heterocycles. The van der Waals surface area contributed by atoms with E-state index in [0.29, 0.717) is 24.0 Å². The van der Waals surface area contributed by atoms with Gasteiger partial charge in [0.2, 0.25) is 11.1 Å². The van der Waals surface area contributed by atoms with Crippen molar-refractivity contribution < 1.29 is 9.53 Å². The molecule has 0 fully saturated rings. The number of hydrogen-bond donors (Lipinski definition) is 1. The van der Waals surface area contributed by atoms with E-state index in [1.165, 1.54) is 29.6 Å². The second kappa shape index (κ2) is 7.77. The molecule has 2 aromatic heterocycles. The maximum absolute atomic E-state index is 12.0. The van der Waals surface area contributed by atoms with E-state index in [2.05, 4.69) is 20.8 Å². The van der Waals surface area contributed by atoms with E-state index >= 15 is 0 Å². The van der Waals surface area contributed by atoms with Crippen molar-refractivity contribution in [3.63, 3.8) is 0 Å². The molecule has 0 saturated heterocycles. The summed E-state index contributed by atoms with van der Waals surface area (Å²) in [7, 11) is 3.22. The Balaban J connectivity index is 1.82. The molecule has 0 aliphatic rings. The second-order valence-electron chi connectivity index (χ2n) is 4.75. The lowest BCUT2D eigenvalue weighted by atomic mass is 10.3. The van der Waals surface area contributed by atoms with Gasteiger partial charge >= 0.3 is 0 Å². The number of ether oxygens (including phenoxy) is 1. The maximum Gasteiger partial charge on any atom is 0.254 e. The summed E-state index contributed by atoms with van der Waals surface area (Å²) < 4.78 is 8.13. The van der Waals surface area contributed by atoms with Crippen LogP contribution in [0, 0.1) is 6.92 Å². The third-order valence-corrected chi connectivity index (χ3v) is 4.13. The van der Waals surface area contributed by atoms with Crippen LogP contribution in [0.25, 0.3) is 0 Å². The highest BCUT2D eigenvalue weighted by molar-refractivity contribution is 7.99. The van der Waals surface area contributed by atoms with E-state index in [4.69, 9.17) is 4.74 Å². The first-order valence-corrected chi connectivity index (χ1v) is 7.87. The van der Waals surface area contributed by atoms with Gasteiger partial charge in [-0.25, -0.2) is 4.68 Å². The molecule has 1 amide bonds. The Kier molecular flexibility index (Phi) is 5.74. The Hall–Kier alpha value is -2.36. The highest BCUT2D eigenvalue weighted by Crippen LogP contribution is 2.11. The van der Waals surface area contributed by atoms with Crippen LogP contribution in [-0.4, -0.2) is 50.1 Å². The number of rotatable bonds is 7. The highest BCUT2D eigenvalue weighted by Gasteiger charge is 2.08. The Morgan fingerprint density at radius 3 is 2.83 bits per heavy atom. The molecule has 0 bridgehead atoms. The molecule has 0 spiro atoms. The molecule has 2 rings (SSSR count). The molecule has 10 heteroatoms. The number of pyridine rings is 1.